The molecule has 0 saturated carbocycles. The summed E-state index contributed by atoms with van der Waals surface area (Å²) in [7, 11) is 0. The van der Waals surface area contributed by atoms with Crippen LogP contribution in [-0.4, -0.2) is 22.0 Å². The predicted molar refractivity (Wildman–Crippen MR) is 50.1 cm³/mol. The molecular weight excluding hydrogens is 166 g/mol. The van der Waals surface area contributed by atoms with Gasteiger partial charge >= 0.3 is 0 Å². The number of hydrogen-bond acceptors (Lipinski definition) is 2. The van der Waals surface area contributed by atoms with Crippen LogP contribution in [0.1, 0.15) is 6.92 Å². The van der Waals surface area contributed by atoms with E-state index in [9.17, 15) is 4.79 Å². The van der Waals surface area contributed by atoms with Gasteiger partial charge in [0.1, 0.15) is 0 Å². The summed E-state index contributed by atoms with van der Waals surface area (Å²) in [4.78, 5) is 14.8. The quantitative estimate of drug-likeness (QED) is 0.687. The van der Waals surface area contributed by atoms with E-state index in [0.29, 0.717) is 6.54 Å². The zero-order valence-electron chi connectivity index (χ0n) is 7.60. The van der Waals surface area contributed by atoms with Crippen molar-refractivity contribution in [1.29, 1.82) is 0 Å². The maximum Gasteiger partial charge on any atom is 0.243 e. The highest BCUT2D eigenvalue weighted by Crippen LogP contribution is 1.83. The first-order valence-electron chi connectivity index (χ1n) is 4.19. The molecule has 0 unspecified atom stereocenters. The van der Waals surface area contributed by atoms with Crippen molar-refractivity contribution >= 4 is 5.91 Å². The highest BCUT2D eigenvalue weighted by Gasteiger charge is 1.93. The molecule has 0 atom stereocenters. The monoisotopic (exact) mass is 179 g/mol. The SMILES string of the molecule is C/C=C/C(=O)NCCn1ccnc1. The third-order valence-corrected chi connectivity index (χ3v) is 1.55. The van der Waals surface area contributed by atoms with Gasteiger partial charge in [0.05, 0.1) is 6.33 Å². The molecule has 1 rings (SSSR count). The second-order valence-corrected chi connectivity index (χ2v) is 2.59. The lowest BCUT2D eigenvalue weighted by Gasteiger charge is -2.02. The Labute approximate surface area is 77.3 Å². The molecule has 0 aromatic carbocycles. The van der Waals surface area contributed by atoms with Gasteiger partial charge in [-0.2, -0.15) is 0 Å². The molecule has 1 aromatic rings. The average Bonchev–Trinajstić information content (AvgIpc) is 2.57. The topological polar surface area (TPSA) is 46.9 Å². The summed E-state index contributed by atoms with van der Waals surface area (Å²) in [6.45, 7) is 3.19. The van der Waals surface area contributed by atoms with Crippen LogP contribution in [0, 0.1) is 0 Å². The molecule has 70 valence electrons. The van der Waals surface area contributed by atoms with Gasteiger partial charge in [-0.05, 0) is 13.0 Å². The number of aromatic nitrogens is 2. The van der Waals surface area contributed by atoms with E-state index in [1.54, 1.807) is 18.6 Å². The number of amides is 1. The molecule has 4 nitrogen and oxygen atoms in total. The summed E-state index contributed by atoms with van der Waals surface area (Å²) in [6.07, 6.45) is 8.53. The van der Waals surface area contributed by atoms with E-state index in [2.05, 4.69) is 10.3 Å². The molecule has 1 heterocycles. The van der Waals surface area contributed by atoms with Crippen molar-refractivity contribution in [3.05, 3.63) is 30.9 Å². The number of carbonyl (C=O) groups excluding carboxylic acids is 1. The third kappa shape index (κ3) is 3.55. The van der Waals surface area contributed by atoms with Crippen molar-refractivity contribution in [2.75, 3.05) is 6.54 Å². The minimum absolute atomic E-state index is 0.0531. The van der Waals surface area contributed by atoms with E-state index in [4.69, 9.17) is 0 Å². The lowest BCUT2D eigenvalue weighted by molar-refractivity contribution is -0.116. The third-order valence-electron chi connectivity index (χ3n) is 1.55. The standard InChI is InChI=1S/C9H13N3O/c1-2-3-9(13)11-5-7-12-6-4-10-8-12/h2-4,6,8H,5,7H2,1H3,(H,11,13)/b3-2+. The maximum absolute atomic E-state index is 10.9. The molecule has 0 aliphatic rings. The van der Waals surface area contributed by atoms with E-state index < -0.39 is 0 Å². The first-order valence-corrected chi connectivity index (χ1v) is 4.19. The van der Waals surface area contributed by atoms with Gasteiger partial charge < -0.3 is 9.88 Å². The number of hydrogen-bond donors (Lipinski definition) is 1. The zero-order chi connectivity index (χ0) is 9.52. The number of carbonyl (C=O) groups is 1. The number of imidazole rings is 1. The van der Waals surface area contributed by atoms with Gasteiger partial charge in [-0.15, -0.1) is 0 Å². The van der Waals surface area contributed by atoms with Crippen LogP contribution in [0.3, 0.4) is 0 Å². The van der Waals surface area contributed by atoms with Crippen molar-refractivity contribution in [3.63, 3.8) is 0 Å². The summed E-state index contributed by atoms with van der Waals surface area (Å²) in [6, 6.07) is 0. The average molecular weight is 179 g/mol. The molecule has 0 bridgehead atoms. The number of rotatable bonds is 4. The molecule has 0 aliphatic carbocycles. The largest absolute Gasteiger partial charge is 0.351 e. The van der Waals surface area contributed by atoms with Crippen LogP contribution in [0.15, 0.2) is 30.9 Å². The molecule has 13 heavy (non-hydrogen) atoms. The van der Waals surface area contributed by atoms with E-state index in [-0.39, 0.29) is 5.91 Å². The lowest BCUT2D eigenvalue weighted by Crippen LogP contribution is -2.24. The molecule has 4 heteroatoms. The van der Waals surface area contributed by atoms with Gasteiger partial charge in [0.15, 0.2) is 0 Å². The van der Waals surface area contributed by atoms with Gasteiger partial charge in [0, 0.05) is 25.5 Å². The molecule has 1 amide bonds. The second-order valence-electron chi connectivity index (χ2n) is 2.59. The Hall–Kier alpha value is -1.58. The highest BCUT2D eigenvalue weighted by atomic mass is 16.1. The van der Waals surface area contributed by atoms with Crippen LogP contribution in [0.25, 0.3) is 0 Å². The minimum atomic E-state index is -0.0531. The van der Waals surface area contributed by atoms with Crippen LogP contribution in [0.4, 0.5) is 0 Å². The highest BCUT2D eigenvalue weighted by molar-refractivity contribution is 5.87. The first kappa shape index (κ1) is 9.51. The number of allylic oxidation sites excluding steroid dienone is 1. The molecule has 1 aromatic heterocycles. The predicted octanol–water partition coefficient (Wildman–Crippen LogP) is 0.575. The van der Waals surface area contributed by atoms with Gasteiger partial charge in [-0.25, -0.2) is 4.98 Å². The molecule has 0 saturated heterocycles. The second kappa shape index (κ2) is 5.13. The first-order chi connectivity index (χ1) is 6.33. The Morgan fingerprint density at radius 2 is 2.54 bits per heavy atom. The van der Waals surface area contributed by atoms with Crippen molar-refractivity contribution in [2.45, 2.75) is 13.5 Å². The van der Waals surface area contributed by atoms with Crippen LogP contribution in [0.2, 0.25) is 0 Å². The van der Waals surface area contributed by atoms with Gasteiger partial charge in [0.2, 0.25) is 5.91 Å². The van der Waals surface area contributed by atoms with Crippen LogP contribution >= 0.6 is 0 Å². The summed E-state index contributed by atoms with van der Waals surface area (Å²) >= 11 is 0. The van der Waals surface area contributed by atoms with E-state index in [1.165, 1.54) is 6.08 Å². The van der Waals surface area contributed by atoms with E-state index in [1.807, 2.05) is 17.7 Å². The Balaban J connectivity index is 2.18. The fourth-order valence-corrected chi connectivity index (χ4v) is 0.938. The Morgan fingerprint density at radius 1 is 1.69 bits per heavy atom. The van der Waals surface area contributed by atoms with Crippen LogP contribution in [0.5, 0.6) is 0 Å². The van der Waals surface area contributed by atoms with Crippen molar-refractivity contribution in [1.82, 2.24) is 14.9 Å². The smallest absolute Gasteiger partial charge is 0.243 e. The maximum atomic E-state index is 10.9. The van der Waals surface area contributed by atoms with E-state index in [0.717, 1.165) is 6.54 Å². The van der Waals surface area contributed by atoms with Crippen LogP contribution in [-0.2, 0) is 11.3 Å². The molecule has 1 N–H and O–H groups in total. The zero-order valence-corrected chi connectivity index (χ0v) is 7.60. The van der Waals surface area contributed by atoms with Crippen molar-refractivity contribution in [2.24, 2.45) is 0 Å². The van der Waals surface area contributed by atoms with Crippen molar-refractivity contribution in [3.8, 4) is 0 Å². The lowest BCUT2D eigenvalue weighted by atomic mass is 10.5. The van der Waals surface area contributed by atoms with Gasteiger partial charge in [0.25, 0.3) is 0 Å². The molecular formula is C9H13N3O. The molecule has 0 fully saturated rings. The summed E-state index contributed by atoms with van der Waals surface area (Å²) in [5.74, 6) is -0.0531. The fraction of sp³-hybridized carbons (Fsp3) is 0.333. The summed E-state index contributed by atoms with van der Waals surface area (Å²) < 4.78 is 1.91. The molecule has 0 radical (unpaired) electrons. The minimum Gasteiger partial charge on any atom is -0.351 e. The Morgan fingerprint density at radius 3 is 3.15 bits per heavy atom. The Bertz CT molecular complexity index is 277. The molecule has 0 aliphatic heterocycles. The van der Waals surface area contributed by atoms with E-state index >= 15 is 0 Å². The van der Waals surface area contributed by atoms with Gasteiger partial charge in [-0.1, -0.05) is 6.08 Å². The summed E-state index contributed by atoms with van der Waals surface area (Å²) in [5.41, 5.74) is 0. The molecule has 0 spiro atoms. The summed E-state index contributed by atoms with van der Waals surface area (Å²) in [5, 5.41) is 2.75. The normalized spacial score (nSPS) is 10.5. The van der Waals surface area contributed by atoms with Crippen molar-refractivity contribution < 1.29 is 4.79 Å². The van der Waals surface area contributed by atoms with Gasteiger partial charge in [-0.3, -0.25) is 4.79 Å². The van der Waals surface area contributed by atoms with Crippen LogP contribution < -0.4 is 5.32 Å². The number of nitrogens with one attached hydrogen (secondary N) is 1. The fourth-order valence-electron chi connectivity index (χ4n) is 0.938. The number of nitrogens with zero attached hydrogens (tertiary/aromatic N) is 2. The Kier molecular flexibility index (Phi) is 3.75.